The van der Waals surface area contributed by atoms with Crippen LogP contribution in [0.3, 0.4) is 0 Å². The lowest BCUT2D eigenvalue weighted by Crippen LogP contribution is -2.30. The highest BCUT2D eigenvalue weighted by Gasteiger charge is 2.17. The van der Waals surface area contributed by atoms with Gasteiger partial charge in [-0.15, -0.1) is 0 Å². The second-order valence-corrected chi connectivity index (χ2v) is 8.27. The molecule has 0 saturated heterocycles. The summed E-state index contributed by atoms with van der Waals surface area (Å²) >= 11 is 3.33. The average Bonchev–Trinajstić information content (AvgIpc) is 2.84. The third-order valence-corrected chi connectivity index (χ3v) is 5.56. The molecule has 4 rings (SSSR count). The van der Waals surface area contributed by atoms with E-state index in [-0.39, 0.29) is 11.4 Å². The zero-order valence-corrected chi connectivity index (χ0v) is 19.3. The third kappa shape index (κ3) is 5.36. The predicted molar refractivity (Wildman–Crippen MR) is 135 cm³/mol. The van der Waals surface area contributed by atoms with Crippen LogP contribution in [0.5, 0.6) is 0 Å². The van der Waals surface area contributed by atoms with Gasteiger partial charge >= 0.3 is 0 Å². The van der Waals surface area contributed by atoms with E-state index < -0.39 is 16.7 Å². The molecule has 0 saturated carbocycles. The molecule has 0 aliphatic heterocycles. The van der Waals surface area contributed by atoms with Gasteiger partial charge in [0.1, 0.15) is 5.70 Å². The Bertz CT molecular complexity index is 1430. The van der Waals surface area contributed by atoms with Crippen molar-refractivity contribution in [3.63, 3.8) is 0 Å². The number of hydrogen-bond donors (Lipinski definition) is 2. The maximum absolute atomic E-state index is 13.3. The highest BCUT2D eigenvalue weighted by atomic mass is 79.9. The van der Waals surface area contributed by atoms with Crippen LogP contribution in [0, 0.1) is 10.1 Å². The monoisotopic (exact) mass is 515 g/mol. The minimum atomic E-state index is -0.562. The van der Waals surface area contributed by atoms with Gasteiger partial charge in [0.15, 0.2) is 0 Å². The first-order valence-electron chi connectivity index (χ1n) is 10.2. The molecule has 4 aromatic rings. The maximum Gasteiger partial charge on any atom is 0.272 e. The summed E-state index contributed by atoms with van der Waals surface area (Å²) in [5.41, 5.74) is 1.15. The van der Waals surface area contributed by atoms with E-state index in [1.807, 2.05) is 36.4 Å². The van der Waals surface area contributed by atoms with Gasteiger partial charge in [0.2, 0.25) is 0 Å². The van der Waals surface area contributed by atoms with Crippen molar-refractivity contribution in [1.29, 1.82) is 0 Å². The Kier molecular flexibility index (Phi) is 6.79. The quantitative estimate of drug-likeness (QED) is 0.189. The molecule has 0 radical (unpaired) electrons. The summed E-state index contributed by atoms with van der Waals surface area (Å²) in [6.07, 6.45) is 1.41. The van der Waals surface area contributed by atoms with Crippen molar-refractivity contribution < 1.29 is 14.5 Å². The number of nitrogens with one attached hydrogen (secondary N) is 2. The molecule has 7 nitrogen and oxygen atoms in total. The summed E-state index contributed by atoms with van der Waals surface area (Å²) in [5, 5.41) is 18.4. The zero-order chi connectivity index (χ0) is 24.1. The van der Waals surface area contributed by atoms with Gasteiger partial charge in [0.05, 0.1) is 4.92 Å². The fraction of sp³-hybridized carbons (Fsp3) is 0. The number of amides is 2. The molecule has 2 amide bonds. The van der Waals surface area contributed by atoms with E-state index in [0.29, 0.717) is 16.8 Å². The van der Waals surface area contributed by atoms with Crippen LogP contribution < -0.4 is 10.6 Å². The Morgan fingerprint density at radius 2 is 1.59 bits per heavy atom. The van der Waals surface area contributed by atoms with Gasteiger partial charge in [-0.05, 0) is 47.4 Å². The fourth-order valence-corrected chi connectivity index (χ4v) is 3.64. The van der Waals surface area contributed by atoms with E-state index in [9.17, 15) is 19.7 Å². The Morgan fingerprint density at radius 3 is 2.35 bits per heavy atom. The van der Waals surface area contributed by atoms with Gasteiger partial charge in [-0.1, -0.05) is 64.5 Å². The number of hydrogen-bond acceptors (Lipinski definition) is 4. The van der Waals surface area contributed by atoms with Gasteiger partial charge in [-0.25, -0.2) is 0 Å². The van der Waals surface area contributed by atoms with E-state index >= 15 is 0 Å². The Balaban J connectivity index is 1.69. The van der Waals surface area contributed by atoms with Crippen molar-refractivity contribution in [2.45, 2.75) is 0 Å². The molecule has 168 valence electrons. The van der Waals surface area contributed by atoms with Crippen LogP contribution in [-0.2, 0) is 4.79 Å². The van der Waals surface area contributed by atoms with Crippen molar-refractivity contribution in [1.82, 2.24) is 5.32 Å². The van der Waals surface area contributed by atoms with Crippen LogP contribution in [-0.4, -0.2) is 16.7 Å². The Morgan fingerprint density at radius 1 is 0.882 bits per heavy atom. The normalized spacial score (nSPS) is 11.1. The predicted octanol–water partition coefficient (Wildman–Crippen LogP) is 5.92. The van der Waals surface area contributed by atoms with E-state index in [1.54, 1.807) is 36.4 Å². The number of carbonyl (C=O) groups excluding carboxylic acids is 2. The lowest BCUT2D eigenvalue weighted by atomic mass is 10.1. The van der Waals surface area contributed by atoms with Crippen molar-refractivity contribution in [2.24, 2.45) is 0 Å². The van der Waals surface area contributed by atoms with E-state index in [4.69, 9.17) is 0 Å². The van der Waals surface area contributed by atoms with Crippen LogP contribution in [0.1, 0.15) is 15.9 Å². The second kappa shape index (κ2) is 10.1. The van der Waals surface area contributed by atoms with Crippen LogP contribution in [0.2, 0.25) is 0 Å². The lowest BCUT2D eigenvalue weighted by molar-refractivity contribution is -0.384. The minimum Gasteiger partial charge on any atom is -0.320 e. The van der Waals surface area contributed by atoms with Crippen molar-refractivity contribution in [3.8, 4) is 0 Å². The van der Waals surface area contributed by atoms with Crippen LogP contribution in [0.4, 0.5) is 11.4 Å². The highest BCUT2D eigenvalue weighted by molar-refractivity contribution is 9.10. The first-order chi connectivity index (χ1) is 16.4. The molecule has 0 aromatic heterocycles. The second-order valence-electron chi connectivity index (χ2n) is 7.35. The average molecular weight is 516 g/mol. The molecule has 8 heteroatoms. The largest absolute Gasteiger partial charge is 0.320 e. The molecule has 0 fully saturated rings. The number of fused-ring (bicyclic) bond motifs is 1. The molecule has 0 atom stereocenters. The van der Waals surface area contributed by atoms with E-state index in [1.165, 1.54) is 24.3 Å². The summed E-state index contributed by atoms with van der Waals surface area (Å²) in [5.74, 6) is -1.05. The number of nitro benzene ring substituents is 1. The Hall–Kier alpha value is -4.30. The maximum atomic E-state index is 13.3. The number of halogens is 1. The Labute approximate surface area is 203 Å². The van der Waals surface area contributed by atoms with E-state index in [2.05, 4.69) is 26.6 Å². The molecular formula is C26H18BrN3O4. The third-order valence-electron chi connectivity index (χ3n) is 5.03. The van der Waals surface area contributed by atoms with Gasteiger partial charge in [-0.3, -0.25) is 19.7 Å². The lowest BCUT2D eigenvalue weighted by Gasteiger charge is -2.13. The topological polar surface area (TPSA) is 101 Å². The summed E-state index contributed by atoms with van der Waals surface area (Å²) < 4.78 is 0.810. The molecule has 0 bridgehead atoms. The SMILES string of the molecule is O=C(Nc1cccc2ccccc12)/C(=C\c1cccc([N+](=O)[O-])c1)NC(=O)c1ccc(Br)cc1. The molecule has 0 aliphatic carbocycles. The number of benzene rings is 4. The van der Waals surface area contributed by atoms with Crippen molar-refractivity contribution in [2.75, 3.05) is 5.32 Å². The number of rotatable bonds is 6. The van der Waals surface area contributed by atoms with Crippen LogP contribution in [0.25, 0.3) is 16.8 Å². The van der Waals surface area contributed by atoms with Gasteiger partial charge in [-0.2, -0.15) is 0 Å². The van der Waals surface area contributed by atoms with E-state index in [0.717, 1.165) is 15.2 Å². The summed E-state index contributed by atoms with van der Waals surface area (Å²) in [6.45, 7) is 0. The smallest absolute Gasteiger partial charge is 0.272 e. The zero-order valence-electron chi connectivity index (χ0n) is 17.7. The summed E-state index contributed by atoms with van der Waals surface area (Å²) in [6, 6.07) is 25.6. The number of non-ortho nitro benzene ring substituents is 1. The summed E-state index contributed by atoms with van der Waals surface area (Å²) in [7, 11) is 0. The minimum absolute atomic E-state index is 0.0543. The molecule has 0 aliphatic rings. The standard InChI is InChI=1S/C26H18BrN3O4/c27-20-13-11-19(12-14-20)25(31)29-24(16-17-5-3-8-21(15-17)30(33)34)26(32)28-23-10-4-7-18-6-1-2-9-22(18)23/h1-16H,(H,28,32)(H,29,31)/b24-16+. The first-order valence-corrected chi connectivity index (χ1v) is 11.0. The van der Waals surface area contributed by atoms with Gasteiger partial charge in [0.25, 0.3) is 17.5 Å². The van der Waals surface area contributed by atoms with Gasteiger partial charge in [0, 0.05) is 33.2 Å². The number of nitro groups is 1. The number of carbonyl (C=O) groups is 2. The summed E-state index contributed by atoms with van der Waals surface area (Å²) in [4.78, 5) is 36.8. The number of nitrogens with zero attached hydrogens (tertiary/aromatic N) is 1. The highest BCUT2D eigenvalue weighted by Crippen LogP contribution is 2.24. The van der Waals surface area contributed by atoms with Crippen LogP contribution >= 0.6 is 15.9 Å². The molecular weight excluding hydrogens is 498 g/mol. The molecule has 2 N–H and O–H groups in total. The first kappa shape index (κ1) is 22.9. The molecule has 34 heavy (non-hydrogen) atoms. The number of anilines is 1. The van der Waals surface area contributed by atoms with Gasteiger partial charge < -0.3 is 10.6 Å². The molecule has 0 heterocycles. The molecule has 0 unspecified atom stereocenters. The fourth-order valence-electron chi connectivity index (χ4n) is 3.37. The molecule has 4 aromatic carbocycles. The van der Waals surface area contributed by atoms with Crippen LogP contribution in [0.15, 0.2) is 101 Å². The molecule has 0 spiro atoms. The van der Waals surface area contributed by atoms with Crippen molar-refractivity contribution in [3.05, 3.63) is 122 Å². The van der Waals surface area contributed by atoms with Crippen molar-refractivity contribution >= 4 is 56.0 Å².